The van der Waals surface area contributed by atoms with Crippen molar-refractivity contribution in [1.29, 1.82) is 0 Å². The quantitative estimate of drug-likeness (QED) is 0.283. The van der Waals surface area contributed by atoms with Gasteiger partial charge in [0, 0.05) is 13.1 Å². The van der Waals surface area contributed by atoms with Crippen LogP contribution in [0.1, 0.15) is 40.5 Å². The number of nitrogens with one attached hydrogen (secondary N) is 1. The second-order valence-corrected chi connectivity index (χ2v) is 4.76. The highest BCUT2D eigenvalue weighted by atomic mass is 127. The largest absolute Gasteiger partial charge is 0.370 e. The number of rotatable bonds is 9. The molecular formula is C13H31IN4. The summed E-state index contributed by atoms with van der Waals surface area (Å²) in [5.41, 5.74) is 5.77. The Balaban J connectivity index is 0. The fourth-order valence-corrected chi connectivity index (χ4v) is 1.58. The predicted octanol–water partition coefficient (Wildman–Crippen LogP) is 2.29. The molecule has 5 heteroatoms. The van der Waals surface area contributed by atoms with Crippen LogP contribution in [-0.2, 0) is 0 Å². The normalized spacial score (nSPS) is 11.8. The maximum Gasteiger partial charge on any atom is 0.188 e. The minimum absolute atomic E-state index is 0. The third-order valence-corrected chi connectivity index (χ3v) is 2.84. The number of aliphatic imine (C=N–C) groups is 1. The van der Waals surface area contributed by atoms with Crippen LogP contribution in [-0.4, -0.2) is 43.6 Å². The van der Waals surface area contributed by atoms with Crippen molar-refractivity contribution in [1.82, 2.24) is 10.2 Å². The molecule has 0 aromatic heterocycles. The van der Waals surface area contributed by atoms with E-state index in [1.165, 1.54) is 0 Å². The molecule has 0 heterocycles. The van der Waals surface area contributed by atoms with Crippen LogP contribution < -0.4 is 11.1 Å². The first kappa shape index (κ1) is 20.3. The van der Waals surface area contributed by atoms with E-state index >= 15 is 0 Å². The van der Waals surface area contributed by atoms with Gasteiger partial charge in [-0.05, 0) is 38.4 Å². The summed E-state index contributed by atoms with van der Waals surface area (Å²) < 4.78 is 0. The Morgan fingerprint density at radius 2 is 1.89 bits per heavy atom. The minimum Gasteiger partial charge on any atom is -0.370 e. The zero-order chi connectivity index (χ0) is 13.1. The zero-order valence-corrected chi connectivity index (χ0v) is 14.7. The van der Waals surface area contributed by atoms with Gasteiger partial charge in [-0.1, -0.05) is 27.7 Å². The second kappa shape index (κ2) is 13.4. The molecule has 0 amide bonds. The van der Waals surface area contributed by atoms with Gasteiger partial charge in [0.1, 0.15) is 0 Å². The lowest BCUT2D eigenvalue weighted by molar-refractivity contribution is 0.302. The topological polar surface area (TPSA) is 53.6 Å². The lowest BCUT2D eigenvalue weighted by atomic mass is 10.1. The Hall–Kier alpha value is -0.0400. The maximum absolute atomic E-state index is 5.77. The van der Waals surface area contributed by atoms with Gasteiger partial charge in [0.25, 0.3) is 0 Å². The van der Waals surface area contributed by atoms with Gasteiger partial charge < -0.3 is 16.0 Å². The van der Waals surface area contributed by atoms with E-state index in [2.05, 4.69) is 42.9 Å². The van der Waals surface area contributed by atoms with Crippen molar-refractivity contribution >= 4 is 29.9 Å². The first-order valence-corrected chi connectivity index (χ1v) is 6.86. The van der Waals surface area contributed by atoms with Crippen LogP contribution in [0, 0.1) is 5.92 Å². The van der Waals surface area contributed by atoms with E-state index in [0.29, 0.717) is 11.9 Å². The molecule has 0 aliphatic carbocycles. The average Bonchev–Trinajstić information content (AvgIpc) is 2.29. The van der Waals surface area contributed by atoms with E-state index in [9.17, 15) is 0 Å². The molecule has 0 saturated heterocycles. The SMILES string of the molecule is CCN(CC)CCCN=C(N)NCCC(C)C.I. The molecule has 0 aliphatic rings. The summed E-state index contributed by atoms with van der Waals surface area (Å²) in [5.74, 6) is 1.29. The zero-order valence-electron chi connectivity index (χ0n) is 12.4. The van der Waals surface area contributed by atoms with Crippen molar-refractivity contribution in [2.75, 3.05) is 32.7 Å². The molecule has 0 aromatic carbocycles. The molecule has 0 aliphatic heterocycles. The molecule has 0 unspecified atom stereocenters. The summed E-state index contributed by atoms with van der Waals surface area (Å²) in [6.45, 7) is 13.9. The summed E-state index contributed by atoms with van der Waals surface area (Å²) in [6.07, 6.45) is 2.21. The predicted molar refractivity (Wildman–Crippen MR) is 91.8 cm³/mol. The van der Waals surface area contributed by atoms with Gasteiger partial charge >= 0.3 is 0 Å². The number of hydrogen-bond acceptors (Lipinski definition) is 2. The van der Waals surface area contributed by atoms with E-state index in [-0.39, 0.29) is 24.0 Å². The minimum atomic E-state index is 0. The highest BCUT2D eigenvalue weighted by Gasteiger charge is 1.98. The molecule has 110 valence electrons. The Morgan fingerprint density at radius 3 is 2.39 bits per heavy atom. The second-order valence-electron chi connectivity index (χ2n) is 4.76. The summed E-state index contributed by atoms with van der Waals surface area (Å²) >= 11 is 0. The van der Waals surface area contributed by atoms with Gasteiger partial charge in [-0.25, -0.2) is 0 Å². The molecule has 0 radical (unpaired) electrons. The van der Waals surface area contributed by atoms with Gasteiger partial charge in [0.2, 0.25) is 0 Å². The van der Waals surface area contributed by atoms with Crippen LogP contribution in [0.2, 0.25) is 0 Å². The van der Waals surface area contributed by atoms with Gasteiger partial charge in [0.15, 0.2) is 5.96 Å². The molecule has 0 rings (SSSR count). The van der Waals surface area contributed by atoms with Crippen molar-refractivity contribution in [3.8, 4) is 0 Å². The molecule has 4 nitrogen and oxygen atoms in total. The van der Waals surface area contributed by atoms with Crippen LogP contribution in [0.15, 0.2) is 4.99 Å². The molecular weight excluding hydrogens is 339 g/mol. The summed E-state index contributed by atoms with van der Waals surface area (Å²) in [6, 6.07) is 0. The Morgan fingerprint density at radius 1 is 1.28 bits per heavy atom. The molecule has 0 bridgehead atoms. The van der Waals surface area contributed by atoms with Gasteiger partial charge in [-0.15, -0.1) is 24.0 Å². The van der Waals surface area contributed by atoms with Crippen LogP contribution in [0.25, 0.3) is 0 Å². The van der Waals surface area contributed by atoms with E-state index < -0.39 is 0 Å². The van der Waals surface area contributed by atoms with E-state index in [0.717, 1.165) is 45.6 Å². The first-order chi connectivity index (χ1) is 8.10. The Kier molecular flexibility index (Phi) is 15.1. The lowest BCUT2D eigenvalue weighted by Gasteiger charge is -2.16. The molecule has 0 saturated carbocycles. The lowest BCUT2D eigenvalue weighted by Crippen LogP contribution is -2.33. The van der Waals surface area contributed by atoms with E-state index in [1.54, 1.807) is 0 Å². The van der Waals surface area contributed by atoms with Gasteiger partial charge in [-0.3, -0.25) is 4.99 Å². The summed E-state index contributed by atoms with van der Waals surface area (Å²) in [7, 11) is 0. The first-order valence-electron chi connectivity index (χ1n) is 6.86. The van der Waals surface area contributed by atoms with E-state index in [1.807, 2.05) is 0 Å². The third-order valence-electron chi connectivity index (χ3n) is 2.84. The van der Waals surface area contributed by atoms with Crippen molar-refractivity contribution < 1.29 is 0 Å². The van der Waals surface area contributed by atoms with Gasteiger partial charge in [-0.2, -0.15) is 0 Å². The molecule has 0 atom stereocenters. The summed E-state index contributed by atoms with van der Waals surface area (Å²) in [5, 5.41) is 3.14. The third kappa shape index (κ3) is 12.4. The Labute approximate surface area is 130 Å². The number of nitrogens with two attached hydrogens (primary N) is 1. The molecule has 18 heavy (non-hydrogen) atoms. The average molecular weight is 370 g/mol. The molecule has 0 spiro atoms. The smallest absolute Gasteiger partial charge is 0.188 e. The van der Waals surface area contributed by atoms with Crippen molar-refractivity contribution in [3.63, 3.8) is 0 Å². The van der Waals surface area contributed by atoms with Gasteiger partial charge in [0.05, 0.1) is 0 Å². The van der Waals surface area contributed by atoms with Crippen LogP contribution in [0.4, 0.5) is 0 Å². The molecule has 0 fully saturated rings. The summed E-state index contributed by atoms with van der Waals surface area (Å²) in [4.78, 5) is 6.72. The van der Waals surface area contributed by atoms with E-state index in [4.69, 9.17) is 5.73 Å². The highest BCUT2D eigenvalue weighted by molar-refractivity contribution is 14.0. The number of guanidine groups is 1. The fraction of sp³-hybridized carbons (Fsp3) is 0.923. The van der Waals surface area contributed by atoms with Crippen molar-refractivity contribution in [2.45, 2.75) is 40.5 Å². The van der Waals surface area contributed by atoms with Crippen molar-refractivity contribution in [2.24, 2.45) is 16.6 Å². The maximum atomic E-state index is 5.77. The highest BCUT2D eigenvalue weighted by Crippen LogP contribution is 1.96. The number of nitrogens with zero attached hydrogens (tertiary/aromatic N) is 2. The monoisotopic (exact) mass is 370 g/mol. The molecule has 0 aromatic rings. The standard InChI is InChI=1S/C13H30N4.HI/c1-5-17(6-2)11-7-9-15-13(14)16-10-8-12(3)4;/h12H,5-11H2,1-4H3,(H3,14,15,16);1H. The number of hydrogen-bond donors (Lipinski definition) is 2. The van der Waals surface area contributed by atoms with Crippen molar-refractivity contribution in [3.05, 3.63) is 0 Å². The Bertz CT molecular complexity index is 203. The van der Waals surface area contributed by atoms with Crippen LogP contribution >= 0.6 is 24.0 Å². The fourth-order valence-electron chi connectivity index (χ4n) is 1.58. The molecule has 3 N–H and O–H groups in total. The van der Waals surface area contributed by atoms with Crippen LogP contribution in [0.3, 0.4) is 0 Å². The van der Waals surface area contributed by atoms with Crippen LogP contribution in [0.5, 0.6) is 0 Å². The number of halogens is 1.